The van der Waals surface area contributed by atoms with E-state index in [9.17, 15) is 4.39 Å². The van der Waals surface area contributed by atoms with Gasteiger partial charge < -0.3 is 18.7 Å². The van der Waals surface area contributed by atoms with Gasteiger partial charge in [0, 0.05) is 17.7 Å². The smallest absolute Gasteiger partial charge is 0.258 e. The number of hydrogen-bond acceptors (Lipinski definition) is 6. The molecule has 1 heterocycles. The van der Waals surface area contributed by atoms with E-state index < -0.39 is 6.67 Å². The maximum Gasteiger partial charge on any atom is 0.258 e. The van der Waals surface area contributed by atoms with Crippen molar-refractivity contribution in [1.29, 1.82) is 0 Å². The van der Waals surface area contributed by atoms with Crippen LogP contribution in [0.3, 0.4) is 0 Å². The second-order valence-electron chi connectivity index (χ2n) is 6.80. The molecule has 0 amide bonds. The number of aromatic nitrogens is 2. The molecule has 0 radical (unpaired) electrons. The van der Waals surface area contributed by atoms with Crippen molar-refractivity contribution in [3.05, 3.63) is 53.6 Å². The summed E-state index contributed by atoms with van der Waals surface area (Å²) in [6.07, 6.45) is 1.01. The van der Waals surface area contributed by atoms with Crippen LogP contribution in [0.1, 0.15) is 24.5 Å². The highest BCUT2D eigenvalue weighted by molar-refractivity contribution is 5.61. The zero-order valence-electron chi connectivity index (χ0n) is 17.4. The average molecular weight is 414 g/mol. The molecule has 0 N–H and O–H groups in total. The van der Waals surface area contributed by atoms with E-state index in [1.165, 1.54) is 0 Å². The van der Waals surface area contributed by atoms with E-state index in [1.807, 2.05) is 43.3 Å². The summed E-state index contributed by atoms with van der Waals surface area (Å²) in [4.78, 5) is 4.49. The Labute approximate surface area is 176 Å². The molecule has 160 valence electrons. The first-order valence-electron chi connectivity index (χ1n) is 10.1. The van der Waals surface area contributed by atoms with Crippen LogP contribution >= 0.6 is 0 Å². The van der Waals surface area contributed by atoms with Crippen LogP contribution < -0.4 is 4.74 Å². The molecule has 0 saturated heterocycles. The molecule has 0 spiro atoms. The van der Waals surface area contributed by atoms with Crippen LogP contribution in [0.25, 0.3) is 22.8 Å². The Bertz CT molecular complexity index is 912. The molecule has 0 fully saturated rings. The highest BCUT2D eigenvalue weighted by Gasteiger charge is 2.12. The van der Waals surface area contributed by atoms with Crippen molar-refractivity contribution >= 4 is 0 Å². The summed E-state index contributed by atoms with van der Waals surface area (Å²) in [5, 5.41) is 4.08. The van der Waals surface area contributed by atoms with Crippen LogP contribution in [0.15, 0.2) is 47.0 Å². The standard InChI is InChI=1S/C23H27FN2O4/c1-3-11-27-13-14-28-16-18-4-6-19(7-5-18)22-25-23(30-26-22)20-8-9-21(17(2)15-20)29-12-10-24/h4-9,15H,3,10-14,16H2,1-2H3. The summed E-state index contributed by atoms with van der Waals surface area (Å²) >= 11 is 0. The van der Waals surface area contributed by atoms with Crippen molar-refractivity contribution < 1.29 is 23.1 Å². The molecule has 0 bridgehead atoms. The zero-order valence-corrected chi connectivity index (χ0v) is 17.4. The fourth-order valence-corrected chi connectivity index (χ4v) is 2.86. The Kier molecular flexibility index (Phi) is 8.35. The normalized spacial score (nSPS) is 11.0. The van der Waals surface area contributed by atoms with E-state index in [-0.39, 0.29) is 6.61 Å². The number of nitrogens with zero attached hydrogens (tertiary/aromatic N) is 2. The molecule has 0 saturated carbocycles. The maximum atomic E-state index is 12.3. The van der Waals surface area contributed by atoms with Gasteiger partial charge in [-0.05, 0) is 42.7 Å². The Morgan fingerprint density at radius 1 is 0.933 bits per heavy atom. The van der Waals surface area contributed by atoms with Gasteiger partial charge in [0.1, 0.15) is 19.0 Å². The average Bonchev–Trinajstić information content (AvgIpc) is 3.26. The van der Waals surface area contributed by atoms with Gasteiger partial charge in [0.15, 0.2) is 0 Å². The van der Waals surface area contributed by atoms with Gasteiger partial charge in [-0.1, -0.05) is 36.3 Å². The number of aryl methyl sites for hydroxylation is 1. The molecule has 0 aliphatic carbocycles. The third-order valence-electron chi connectivity index (χ3n) is 4.38. The zero-order chi connectivity index (χ0) is 21.2. The van der Waals surface area contributed by atoms with Gasteiger partial charge in [0.05, 0.1) is 19.8 Å². The third kappa shape index (κ3) is 6.11. The number of halogens is 1. The molecule has 7 heteroatoms. The lowest BCUT2D eigenvalue weighted by atomic mass is 10.1. The van der Waals surface area contributed by atoms with Crippen LogP contribution in [0.5, 0.6) is 5.75 Å². The molecule has 30 heavy (non-hydrogen) atoms. The summed E-state index contributed by atoms with van der Waals surface area (Å²) in [5.74, 6) is 1.58. The number of ether oxygens (including phenoxy) is 3. The van der Waals surface area contributed by atoms with Gasteiger partial charge in [-0.15, -0.1) is 0 Å². The van der Waals surface area contributed by atoms with Gasteiger partial charge in [0.25, 0.3) is 5.89 Å². The fraction of sp³-hybridized carbons (Fsp3) is 0.391. The Morgan fingerprint density at radius 2 is 1.70 bits per heavy atom. The van der Waals surface area contributed by atoms with Crippen molar-refractivity contribution in [2.75, 3.05) is 33.1 Å². The van der Waals surface area contributed by atoms with Gasteiger partial charge in [0.2, 0.25) is 5.82 Å². The lowest BCUT2D eigenvalue weighted by Gasteiger charge is -2.07. The van der Waals surface area contributed by atoms with E-state index in [0.717, 1.165) is 35.3 Å². The highest BCUT2D eigenvalue weighted by atomic mass is 19.1. The van der Waals surface area contributed by atoms with Gasteiger partial charge in [-0.2, -0.15) is 4.98 Å². The number of rotatable bonds is 12. The molecular weight excluding hydrogens is 387 g/mol. The Balaban J connectivity index is 1.58. The minimum Gasteiger partial charge on any atom is -0.491 e. The van der Waals surface area contributed by atoms with Crippen molar-refractivity contribution in [3.8, 4) is 28.6 Å². The van der Waals surface area contributed by atoms with Crippen LogP contribution in [-0.2, 0) is 16.1 Å². The van der Waals surface area contributed by atoms with Crippen molar-refractivity contribution in [2.45, 2.75) is 26.9 Å². The highest BCUT2D eigenvalue weighted by Crippen LogP contribution is 2.27. The first-order valence-corrected chi connectivity index (χ1v) is 10.1. The first-order chi connectivity index (χ1) is 14.7. The molecule has 0 atom stereocenters. The van der Waals surface area contributed by atoms with Crippen molar-refractivity contribution in [3.63, 3.8) is 0 Å². The molecule has 0 aliphatic heterocycles. The SMILES string of the molecule is CCCOCCOCc1ccc(-c2noc(-c3ccc(OCCF)c(C)c3)n2)cc1. The monoisotopic (exact) mass is 414 g/mol. The van der Waals surface area contributed by atoms with E-state index >= 15 is 0 Å². The Morgan fingerprint density at radius 3 is 2.43 bits per heavy atom. The lowest BCUT2D eigenvalue weighted by Crippen LogP contribution is -2.04. The first kappa shape index (κ1) is 21.9. The second-order valence-corrected chi connectivity index (χ2v) is 6.80. The quantitative estimate of drug-likeness (QED) is 0.389. The summed E-state index contributed by atoms with van der Waals surface area (Å²) in [6.45, 7) is 5.98. The topological polar surface area (TPSA) is 66.6 Å². The predicted molar refractivity (Wildman–Crippen MR) is 112 cm³/mol. The Hall–Kier alpha value is -2.77. The molecular formula is C23H27FN2O4. The number of alkyl halides is 1. The molecule has 3 aromatic rings. The van der Waals surface area contributed by atoms with E-state index in [2.05, 4.69) is 17.1 Å². The fourth-order valence-electron chi connectivity index (χ4n) is 2.86. The largest absolute Gasteiger partial charge is 0.491 e. The van der Waals surface area contributed by atoms with Gasteiger partial charge in [-0.3, -0.25) is 0 Å². The van der Waals surface area contributed by atoms with Gasteiger partial charge >= 0.3 is 0 Å². The van der Waals surface area contributed by atoms with E-state index in [0.29, 0.717) is 37.3 Å². The number of benzene rings is 2. The number of hydrogen-bond donors (Lipinski definition) is 0. The van der Waals surface area contributed by atoms with Gasteiger partial charge in [-0.25, -0.2) is 4.39 Å². The van der Waals surface area contributed by atoms with E-state index in [1.54, 1.807) is 6.07 Å². The molecule has 6 nitrogen and oxygen atoms in total. The second kappa shape index (κ2) is 11.4. The van der Waals surface area contributed by atoms with Crippen LogP contribution in [0, 0.1) is 6.92 Å². The molecule has 0 unspecified atom stereocenters. The molecule has 0 aliphatic rings. The summed E-state index contributed by atoms with van der Waals surface area (Å²) in [6, 6.07) is 13.4. The van der Waals surface area contributed by atoms with Crippen molar-refractivity contribution in [2.24, 2.45) is 0 Å². The maximum absolute atomic E-state index is 12.3. The molecule has 3 rings (SSSR count). The predicted octanol–water partition coefficient (Wildman–Crippen LogP) is 5.00. The van der Waals surface area contributed by atoms with Crippen molar-refractivity contribution in [1.82, 2.24) is 10.1 Å². The van der Waals surface area contributed by atoms with Crippen LogP contribution in [0.2, 0.25) is 0 Å². The van der Waals surface area contributed by atoms with Crippen LogP contribution in [-0.4, -0.2) is 43.2 Å². The summed E-state index contributed by atoms with van der Waals surface area (Å²) < 4.78 is 34.1. The third-order valence-corrected chi connectivity index (χ3v) is 4.38. The minimum atomic E-state index is -0.521. The summed E-state index contributed by atoms with van der Waals surface area (Å²) in [5.41, 5.74) is 3.59. The minimum absolute atomic E-state index is 0.0402. The van der Waals surface area contributed by atoms with E-state index in [4.69, 9.17) is 18.7 Å². The van der Waals surface area contributed by atoms with Crippen LogP contribution in [0.4, 0.5) is 4.39 Å². The lowest BCUT2D eigenvalue weighted by molar-refractivity contribution is 0.0408. The molecule has 1 aromatic heterocycles. The molecule has 2 aromatic carbocycles. The summed E-state index contributed by atoms with van der Waals surface area (Å²) in [7, 11) is 0.